The smallest absolute Gasteiger partial charge is 0.319 e. The van der Waals surface area contributed by atoms with Gasteiger partial charge in [-0.25, -0.2) is 4.79 Å². The number of carbonyl (C=O) groups is 1. The van der Waals surface area contributed by atoms with Crippen LogP contribution in [0.4, 0.5) is 10.5 Å². The first-order valence-corrected chi connectivity index (χ1v) is 5.98. The van der Waals surface area contributed by atoms with Gasteiger partial charge in [-0.1, -0.05) is 23.2 Å². The molecule has 1 rings (SSSR count). The molecule has 0 fully saturated rings. The van der Waals surface area contributed by atoms with Crippen molar-refractivity contribution >= 4 is 46.5 Å². The summed E-state index contributed by atoms with van der Waals surface area (Å²) in [6.45, 7) is 0.521. The van der Waals surface area contributed by atoms with Gasteiger partial charge in [-0.15, -0.1) is 11.6 Å². The van der Waals surface area contributed by atoms with Crippen LogP contribution in [0.25, 0.3) is 0 Å². The number of urea groups is 1. The molecule has 0 radical (unpaired) electrons. The summed E-state index contributed by atoms with van der Waals surface area (Å²) < 4.78 is 0. The number of rotatable bonds is 4. The molecular formula is C10H11Cl3N2O. The highest BCUT2D eigenvalue weighted by molar-refractivity contribution is 6.35. The molecule has 1 aromatic carbocycles. The van der Waals surface area contributed by atoms with Crippen LogP contribution in [0.1, 0.15) is 6.42 Å². The first kappa shape index (κ1) is 13.4. The first-order valence-electron chi connectivity index (χ1n) is 4.69. The number of hydrogen-bond acceptors (Lipinski definition) is 1. The average Bonchev–Trinajstić information content (AvgIpc) is 2.24. The molecular weight excluding hydrogens is 270 g/mol. The van der Waals surface area contributed by atoms with E-state index in [1.54, 1.807) is 18.2 Å². The molecule has 2 N–H and O–H groups in total. The molecule has 88 valence electrons. The maximum Gasteiger partial charge on any atom is 0.319 e. The van der Waals surface area contributed by atoms with Crippen molar-refractivity contribution in [1.29, 1.82) is 0 Å². The third-order valence-electron chi connectivity index (χ3n) is 1.77. The van der Waals surface area contributed by atoms with Gasteiger partial charge in [0.1, 0.15) is 0 Å². The summed E-state index contributed by atoms with van der Waals surface area (Å²) >= 11 is 17.1. The second-order valence-corrected chi connectivity index (χ2v) is 4.27. The van der Waals surface area contributed by atoms with Crippen LogP contribution in [0.15, 0.2) is 18.2 Å². The van der Waals surface area contributed by atoms with Crippen molar-refractivity contribution in [1.82, 2.24) is 5.32 Å². The normalized spacial score (nSPS) is 9.94. The molecule has 6 heteroatoms. The Morgan fingerprint density at radius 1 is 1.31 bits per heavy atom. The molecule has 0 aliphatic heterocycles. The molecule has 0 saturated carbocycles. The molecule has 0 atom stereocenters. The Labute approximate surface area is 109 Å². The summed E-state index contributed by atoms with van der Waals surface area (Å²) in [5, 5.41) is 6.20. The van der Waals surface area contributed by atoms with E-state index < -0.39 is 0 Å². The Morgan fingerprint density at radius 3 is 2.75 bits per heavy atom. The lowest BCUT2D eigenvalue weighted by molar-refractivity contribution is 0.252. The highest BCUT2D eigenvalue weighted by atomic mass is 35.5. The minimum Gasteiger partial charge on any atom is -0.338 e. The van der Waals surface area contributed by atoms with Crippen LogP contribution in [0, 0.1) is 0 Å². The van der Waals surface area contributed by atoms with Crippen LogP contribution in [0.3, 0.4) is 0 Å². The number of hydrogen-bond donors (Lipinski definition) is 2. The lowest BCUT2D eigenvalue weighted by Crippen LogP contribution is -2.29. The minimum atomic E-state index is -0.325. The topological polar surface area (TPSA) is 41.1 Å². The van der Waals surface area contributed by atoms with Gasteiger partial charge in [-0.05, 0) is 24.6 Å². The van der Waals surface area contributed by atoms with Gasteiger partial charge in [0.15, 0.2) is 0 Å². The summed E-state index contributed by atoms with van der Waals surface area (Å²) in [5.41, 5.74) is 0.484. The number of benzene rings is 1. The van der Waals surface area contributed by atoms with E-state index in [-0.39, 0.29) is 6.03 Å². The monoisotopic (exact) mass is 280 g/mol. The summed E-state index contributed by atoms with van der Waals surface area (Å²) in [5.74, 6) is 0.512. The van der Waals surface area contributed by atoms with Crippen LogP contribution in [-0.4, -0.2) is 18.5 Å². The third-order valence-corrected chi connectivity index (χ3v) is 2.60. The molecule has 1 aromatic rings. The van der Waals surface area contributed by atoms with E-state index in [0.717, 1.165) is 6.42 Å². The predicted molar refractivity (Wildman–Crippen MR) is 68.8 cm³/mol. The summed E-state index contributed by atoms with van der Waals surface area (Å²) in [6.07, 6.45) is 0.720. The lowest BCUT2D eigenvalue weighted by Gasteiger charge is -2.08. The third kappa shape index (κ3) is 4.47. The van der Waals surface area contributed by atoms with Crippen molar-refractivity contribution in [2.75, 3.05) is 17.7 Å². The van der Waals surface area contributed by atoms with Gasteiger partial charge < -0.3 is 10.6 Å². The second kappa shape index (κ2) is 6.84. The van der Waals surface area contributed by atoms with Crippen LogP contribution in [-0.2, 0) is 0 Å². The Bertz CT molecular complexity index is 371. The number of amides is 2. The zero-order valence-corrected chi connectivity index (χ0v) is 10.7. The molecule has 3 nitrogen and oxygen atoms in total. The lowest BCUT2D eigenvalue weighted by atomic mass is 10.3. The number of halogens is 3. The summed E-state index contributed by atoms with van der Waals surface area (Å²) in [7, 11) is 0. The highest BCUT2D eigenvalue weighted by Gasteiger charge is 2.05. The van der Waals surface area contributed by atoms with E-state index in [1.165, 1.54) is 0 Å². The molecule has 2 amide bonds. The van der Waals surface area contributed by atoms with Crippen molar-refractivity contribution in [3.8, 4) is 0 Å². The molecule has 0 bridgehead atoms. The number of nitrogens with one attached hydrogen (secondary N) is 2. The van der Waals surface area contributed by atoms with Gasteiger partial charge >= 0.3 is 6.03 Å². The van der Waals surface area contributed by atoms with E-state index in [4.69, 9.17) is 34.8 Å². The number of alkyl halides is 1. The maximum atomic E-state index is 11.4. The fourth-order valence-electron chi connectivity index (χ4n) is 1.03. The highest BCUT2D eigenvalue weighted by Crippen LogP contribution is 2.25. The fraction of sp³-hybridized carbons (Fsp3) is 0.300. The minimum absolute atomic E-state index is 0.325. The van der Waals surface area contributed by atoms with Crippen molar-refractivity contribution in [3.05, 3.63) is 28.2 Å². The molecule has 16 heavy (non-hydrogen) atoms. The SMILES string of the molecule is O=C(NCCCCl)Nc1cc(Cl)ccc1Cl. The van der Waals surface area contributed by atoms with E-state index in [2.05, 4.69) is 10.6 Å². The van der Waals surface area contributed by atoms with E-state index >= 15 is 0 Å². The quantitative estimate of drug-likeness (QED) is 0.640. The maximum absolute atomic E-state index is 11.4. The number of carbonyl (C=O) groups excluding carboxylic acids is 1. The Kier molecular flexibility index (Phi) is 5.74. The van der Waals surface area contributed by atoms with Gasteiger partial charge in [0, 0.05) is 17.4 Å². The standard InChI is InChI=1S/C10H11Cl3N2O/c11-4-1-5-14-10(16)15-9-6-7(12)2-3-8(9)13/h2-3,6H,1,4-5H2,(H2,14,15,16). The number of anilines is 1. The van der Waals surface area contributed by atoms with Gasteiger partial charge in [-0.2, -0.15) is 0 Å². The van der Waals surface area contributed by atoms with Crippen molar-refractivity contribution in [2.24, 2.45) is 0 Å². The Morgan fingerprint density at radius 2 is 2.06 bits per heavy atom. The van der Waals surface area contributed by atoms with Crippen LogP contribution in [0.2, 0.25) is 10.0 Å². The first-order chi connectivity index (χ1) is 7.63. The predicted octanol–water partition coefficient (Wildman–Crippen LogP) is 3.74. The molecule has 0 aliphatic rings. The summed E-state index contributed by atoms with van der Waals surface area (Å²) in [6, 6.07) is 4.54. The summed E-state index contributed by atoms with van der Waals surface area (Å²) in [4.78, 5) is 11.4. The molecule has 0 heterocycles. The Hall–Kier alpha value is -0.640. The van der Waals surface area contributed by atoms with Crippen molar-refractivity contribution in [2.45, 2.75) is 6.42 Å². The van der Waals surface area contributed by atoms with Crippen molar-refractivity contribution in [3.63, 3.8) is 0 Å². The average molecular weight is 282 g/mol. The van der Waals surface area contributed by atoms with Crippen LogP contribution < -0.4 is 10.6 Å². The Balaban J connectivity index is 2.52. The van der Waals surface area contributed by atoms with E-state index in [1.807, 2.05) is 0 Å². The van der Waals surface area contributed by atoms with Gasteiger partial charge in [0.25, 0.3) is 0 Å². The van der Waals surface area contributed by atoms with Gasteiger partial charge in [-0.3, -0.25) is 0 Å². The largest absolute Gasteiger partial charge is 0.338 e. The van der Waals surface area contributed by atoms with Crippen LogP contribution in [0.5, 0.6) is 0 Å². The fourth-order valence-corrected chi connectivity index (χ4v) is 1.50. The zero-order valence-electron chi connectivity index (χ0n) is 8.40. The molecule has 0 spiro atoms. The van der Waals surface area contributed by atoms with Gasteiger partial charge in [0.2, 0.25) is 0 Å². The molecule has 0 aliphatic carbocycles. The molecule has 0 saturated heterocycles. The molecule has 0 aromatic heterocycles. The van der Waals surface area contributed by atoms with Gasteiger partial charge in [0.05, 0.1) is 10.7 Å². The van der Waals surface area contributed by atoms with Crippen LogP contribution >= 0.6 is 34.8 Å². The second-order valence-electron chi connectivity index (χ2n) is 3.05. The van der Waals surface area contributed by atoms with E-state index in [9.17, 15) is 4.79 Å². The van der Waals surface area contributed by atoms with Crippen molar-refractivity contribution < 1.29 is 4.79 Å². The zero-order chi connectivity index (χ0) is 12.0. The van der Waals surface area contributed by atoms with E-state index in [0.29, 0.717) is 28.2 Å². The molecule has 0 unspecified atom stereocenters.